The van der Waals surface area contributed by atoms with Crippen LogP contribution in [0, 0.1) is 0 Å². The first-order valence-corrected chi connectivity index (χ1v) is 9.27. The van der Waals surface area contributed by atoms with E-state index < -0.39 is 24.9 Å². The van der Waals surface area contributed by atoms with E-state index in [-0.39, 0.29) is 5.82 Å². The molecule has 2 N–H and O–H groups in total. The van der Waals surface area contributed by atoms with E-state index in [4.69, 9.17) is 13.7 Å². The van der Waals surface area contributed by atoms with Gasteiger partial charge in [0.1, 0.15) is 5.58 Å². The highest BCUT2D eigenvalue weighted by atomic mass is 16.6. The predicted octanol–water partition coefficient (Wildman–Crippen LogP) is 1.35. The van der Waals surface area contributed by atoms with Crippen molar-refractivity contribution in [1.29, 1.82) is 0 Å². The van der Waals surface area contributed by atoms with E-state index in [1.807, 2.05) is 24.3 Å². The van der Waals surface area contributed by atoms with Gasteiger partial charge in [-0.15, -0.1) is 0 Å². The molecule has 2 aromatic heterocycles. The molecular formula is C19H19BN4O5. The van der Waals surface area contributed by atoms with Gasteiger partial charge in [0.15, 0.2) is 5.82 Å². The van der Waals surface area contributed by atoms with E-state index >= 15 is 0 Å². The minimum Gasteiger partial charge on any atom is -0.464 e. The van der Waals surface area contributed by atoms with Crippen LogP contribution in [0.3, 0.4) is 0 Å². The highest BCUT2D eigenvalue weighted by molar-refractivity contribution is 6.49. The number of hydrogen-bond acceptors (Lipinski definition) is 7. The van der Waals surface area contributed by atoms with Crippen LogP contribution in [0.2, 0.25) is 0 Å². The summed E-state index contributed by atoms with van der Waals surface area (Å²) in [6.45, 7) is 1.05. The third-order valence-corrected chi connectivity index (χ3v) is 4.51. The van der Waals surface area contributed by atoms with Crippen molar-refractivity contribution in [3.63, 3.8) is 0 Å². The lowest BCUT2D eigenvalue weighted by Gasteiger charge is -2.27. The monoisotopic (exact) mass is 394 g/mol. The van der Waals surface area contributed by atoms with Crippen LogP contribution in [0.1, 0.15) is 12.0 Å². The fourth-order valence-electron chi connectivity index (χ4n) is 3.15. The number of furan rings is 1. The Morgan fingerprint density at radius 3 is 2.76 bits per heavy atom. The molecule has 1 saturated heterocycles. The van der Waals surface area contributed by atoms with Crippen LogP contribution in [-0.2, 0) is 25.3 Å². The second-order valence-electron chi connectivity index (χ2n) is 6.55. The van der Waals surface area contributed by atoms with E-state index in [9.17, 15) is 9.59 Å². The van der Waals surface area contributed by atoms with Gasteiger partial charge in [-0.1, -0.05) is 18.2 Å². The summed E-state index contributed by atoms with van der Waals surface area (Å²) in [6, 6.07) is 7.61. The molecule has 0 bridgehead atoms. The topological polar surface area (TPSA) is 116 Å². The standard InChI is InChI=1S/C19H19BN4O5/c25-18(19(26)24-17-11-21-6-7-22-17)23-16(20-28-8-3-9-29-20)10-13-12-27-15-5-2-1-4-14(13)15/h1-2,4-7,11-12,16H,3,8-10H2,(H,23,25)(H,22,24,26)/t16-/m0/s1. The highest BCUT2D eigenvalue weighted by Crippen LogP contribution is 2.23. The van der Waals surface area contributed by atoms with Gasteiger partial charge < -0.3 is 24.4 Å². The van der Waals surface area contributed by atoms with Crippen LogP contribution in [0.5, 0.6) is 0 Å². The second kappa shape index (κ2) is 8.85. The minimum atomic E-state index is -0.844. The maximum atomic E-state index is 12.5. The number of rotatable bonds is 5. The lowest BCUT2D eigenvalue weighted by atomic mass is 9.73. The van der Waals surface area contributed by atoms with Gasteiger partial charge in [0.05, 0.1) is 18.4 Å². The Morgan fingerprint density at radius 1 is 1.14 bits per heavy atom. The third kappa shape index (κ3) is 4.61. The Kier molecular flexibility index (Phi) is 5.82. The Morgan fingerprint density at radius 2 is 1.97 bits per heavy atom. The van der Waals surface area contributed by atoms with Crippen molar-refractivity contribution in [3.8, 4) is 0 Å². The SMILES string of the molecule is O=C(Nc1cnccn1)C(=O)N[C@@H](Cc1coc2ccccc12)B1OCCCO1. The zero-order valence-corrected chi connectivity index (χ0v) is 15.5. The lowest BCUT2D eigenvalue weighted by Crippen LogP contribution is -2.54. The van der Waals surface area contributed by atoms with Crippen LogP contribution in [-0.4, -0.2) is 48.1 Å². The number of amides is 2. The minimum absolute atomic E-state index is 0.190. The summed E-state index contributed by atoms with van der Waals surface area (Å²) in [5, 5.41) is 6.07. The smallest absolute Gasteiger partial charge is 0.464 e. The number of carbonyl (C=O) groups is 2. The van der Waals surface area contributed by atoms with E-state index in [1.165, 1.54) is 18.6 Å². The molecule has 9 nitrogen and oxygen atoms in total. The van der Waals surface area contributed by atoms with Crippen LogP contribution in [0.25, 0.3) is 11.0 Å². The molecule has 2 amide bonds. The maximum absolute atomic E-state index is 12.5. The first kappa shape index (κ1) is 19.1. The average molecular weight is 394 g/mol. The van der Waals surface area contributed by atoms with Crippen LogP contribution < -0.4 is 10.6 Å². The number of para-hydroxylation sites is 1. The van der Waals surface area contributed by atoms with Crippen molar-refractivity contribution < 1.29 is 23.3 Å². The van der Waals surface area contributed by atoms with Crippen LogP contribution in [0.4, 0.5) is 5.82 Å². The molecule has 29 heavy (non-hydrogen) atoms. The molecule has 148 valence electrons. The summed E-state index contributed by atoms with van der Waals surface area (Å²) in [4.78, 5) is 32.5. The van der Waals surface area contributed by atoms with Gasteiger partial charge in [0.25, 0.3) is 0 Å². The Hall–Kier alpha value is -3.24. The number of hydrogen-bond donors (Lipinski definition) is 2. The molecule has 0 aliphatic carbocycles. The van der Waals surface area contributed by atoms with Crippen molar-refractivity contribution in [1.82, 2.24) is 15.3 Å². The summed E-state index contributed by atoms with van der Waals surface area (Å²) < 4.78 is 16.9. The predicted molar refractivity (Wildman–Crippen MR) is 105 cm³/mol. The number of anilines is 1. The number of carbonyl (C=O) groups excluding carboxylic acids is 2. The van der Waals surface area contributed by atoms with E-state index in [1.54, 1.807) is 6.26 Å². The Bertz CT molecular complexity index is 990. The molecule has 0 radical (unpaired) electrons. The van der Waals surface area contributed by atoms with Gasteiger partial charge >= 0.3 is 18.9 Å². The second-order valence-corrected chi connectivity index (χ2v) is 6.55. The number of benzene rings is 1. The van der Waals surface area contributed by atoms with Gasteiger partial charge in [0, 0.05) is 31.0 Å². The molecule has 0 saturated carbocycles. The van der Waals surface area contributed by atoms with Crippen molar-refractivity contribution in [3.05, 3.63) is 54.7 Å². The van der Waals surface area contributed by atoms with E-state index in [0.29, 0.717) is 19.6 Å². The van der Waals surface area contributed by atoms with Crippen molar-refractivity contribution in [2.75, 3.05) is 18.5 Å². The first-order chi connectivity index (χ1) is 14.2. The molecule has 0 spiro atoms. The largest absolute Gasteiger partial charge is 0.481 e. The fourth-order valence-corrected chi connectivity index (χ4v) is 3.15. The van der Waals surface area contributed by atoms with E-state index in [2.05, 4.69) is 20.6 Å². The maximum Gasteiger partial charge on any atom is 0.481 e. The third-order valence-electron chi connectivity index (χ3n) is 4.51. The zero-order valence-electron chi connectivity index (χ0n) is 15.5. The quantitative estimate of drug-likeness (QED) is 0.496. The normalized spacial score (nSPS) is 15.1. The molecule has 1 aliphatic rings. The number of aromatic nitrogens is 2. The fraction of sp³-hybridized carbons (Fsp3) is 0.263. The van der Waals surface area contributed by atoms with E-state index in [0.717, 1.165) is 23.0 Å². The molecule has 0 unspecified atom stereocenters. The van der Waals surface area contributed by atoms with Gasteiger partial charge in [0.2, 0.25) is 0 Å². The molecular weight excluding hydrogens is 375 g/mol. The van der Waals surface area contributed by atoms with Gasteiger partial charge in [-0.05, 0) is 24.5 Å². The molecule has 1 aromatic carbocycles. The molecule has 1 atom stereocenters. The van der Waals surface area contributed by atoms with Crippen molar-refractivity contribution >= 4 is 35.7 Å². The Labute approximate surface area is 166 Å². The molecule has 1 fully saturated rings. The molecule has 1 aliphatic heterocycles. The summed E-state index contributed by atoms with van der Waals surface area (Å²) in [5.74, 6) is -2.04. The van der Waals surface area contributed by atoms with Gasteiger partial charge in [-0.2, -0.15) is 0 Å². The number of nitrogens with zero attached hydrogens (tertiary/aromatic N) is 2. The number of fused-ring (bicyclic) bond motifs is 1. The van der Waals surface area contributed by atoms with Gasteiger partial charge in [-0.3, -0.25) is 14.6 Å². The van der Waals surface area contributed by atoms with Crippen molar-refractivity contribution in [2.24, 2.45) is 0 Å². The first-order valence-electron chi connectivity index (χ1n) is 9.27. The molecule has 4 rings (SSSR count). The van der Waals surface area contributed by atoms with Crippen molar-refractivity contribution in [2.45, 2.75) is 18.8 Å². The van der Waals surface area contributed by atoms with Crippen LogP contribution in [0.15, 0.2) is 53.5 Å². The summed E-state index contributed by atoms with van der Waals surface area (Å²) in [7, 11) is -0.661. The molecule has 3 heterocycles. The highest BCUT2D eigenvalue weighted by Gasteiger charge is 2.35. The summed E-state index contributed by atoms with van der Waals surface area (Å²) in [6.07, 6.45) is 7.05. The van der Waals surface area contributed by atoms with Crippen LogP contribution >= 0.6 is 0 Å². The average Bonchev–Trinajstić information content (AvgIpc) is 3.17. The molecule has 3 aromatic rings. The zero-order chi connectivity index (χ0) is 20.1. The summed E-state index contributed by atoms with van der Waals surface area (Å²) >= 11 is 0. The van der Waals surface area contributed by atoms with Gasteiger partial charge in [-0.25, -0.2) is 4.98 Å². The summed E-state index contributed by atoms with van der Waals surface area (Å²) in [5.41, 5.74) is 1.64. The lowest BCUT2D eigenvalue weighted by molar-refractivity contribution is -0.136. The molecule has 10 heteroatoms. The Balaban J connectivity index is 1.49. The number of nitrogens with one attached hydrogen (secondary N) is 2.